The third kappa shape index (κ3) is 4.56. The monoisotopic (exact) mass is 246 g/mol. The molecule has 14 heavy (non-hydrogen) atoms. The fourth-order valence-electron chi connectivity index (χ4n) is 1.94. The predicted molar refractivity (Wildman–Crippen MR) is 52.7 cm³/mol. The number of fused-ring (bicyclic) bond motifs is 1. The van der Waals surface area contributed by atoms with Crippen LogP contribution in [0.15, 0.2) is 4.99 Å². The third-order valence-corrected chi connectivity index (χ3v) is 2.57. The van der Waals surface area contributed by atoms with E-state index in [1.807, 2.05) is 0 Å². The van der Waals surface area contributed by atoms with Gasteiger partial charge in [-0.15, -0.1) is 0 Å². The zero-order chi connectivity index (χ0) is 7.52. The zero-order valence-corrected chi connectivity index (χ0v) is 11.4. The number of nitrogens with zero attached hydrogens (tertiary/aromatic N) is 2. The summed E-state index contributed by atoms with van der Waals surface area (Å²) in [5, 5.41) is 0. The molecule has 0 saturated carbocycles. The van der Waals surface area contributed by atoms with E-state index in [1.54, 1.807) is 0 Å². The molecule has 1 fully saturated rings. The second-order valence-electron chi connectivity index (χ2n) is 3.45. The van der Waals surface area contributed by atoms with Crippen molar-refractivity contribution < 1.29 is 24.8 Å². The van der Waals surface area contributed by atoms with Crippen LogP contribution in [-0.4, -0.2) is 53.4 Å². The minimum Gasteiger partial charge on any atom is -1.00 e. The molecule has 2 aliphatic rings. The van der Waals surface area contributed by atoms with Crippen molar-refractivity contribution in [1.82, 2.24) is 4.90 Å². The first-order valence-electron chi connectivity index (χ1n) is 4.75. The molecule has 2 heterocycles. The smallest absolute Gasteiger partial charge is 1.00 e. The first-order valence-corrected chi connectivity index (χ1v) is 4.75. The van der Waals surface area contributed by atoms with Gasteiger partial charge < -0.3 is 29.7 Å². The molecule has 0 aliphatic carbocycles. The van der Waals surface area contributed by atoms with Crippen LogP contribution in [0.5, 0.6) is 0 Å². The van der Waals surface area contributed by atoms with Crippen molar-refractivity contribution in [3.05, 3.63) is 0 Å². The Hall–Kier alpha value is 0.816. The molecule has 2 aliphatic heterocycles. The summed E-state index contributed by atoms with van der Waals surface area (Å²) in [7, 11) is 0. The van der Waals surface area contributed by atoms with E-state index in [0.717, 1.165) is 6.54 Å². The standard InChI is InChI=1S/C9H16N2.2ClH.Mg/c1-2-5-9-10-6-4-8-11(9)7-3-1;;;/h1-8H2;2*1H;/q;;;+2/p-2. The molecule has 0 atom stereocenters. The molecular formula is C9H16Cl2MgN2. The largest absolute Gasteiger partial charge is 2.00 e. The molecule has 78 valence electrons. The molecule has 5 heteroatoms. The van der Waals surface area contributed by atoms with Gasteiger partial charge in [-0.3, -0.25) is 4.99 Å². The minimum atomic E-state index is 0. The van der Waals surface area contributed by atoms with Crippen molar-refractivity contribution in [2.24, 2.45) is 4.99 Å². The molecule has 0 unspecified atom stereocenters. The summed E-state index contributed by atoms with van der Waals surface area (Å²) in [5.74, 6) is 1.40. The van der Waals surface area contributed by atoms with Crippen LogP contribution < -0.4 is 24.8 Å². The van der Waals surface area contributed by atoms with Crippen LogP contribution in [0.4, 0.5) is 0 Å². The third-order valence-electron chi connectivity index (χ3n) is 2.57. The fourth-order valence-corrected chi connectivity index (χ4v) is 1.94. The number of hydrogen-bond acceptors (Lipinski definition) is 2. The normalized spacial score (nSPS) is 20.0. The molecule has 2 rings (SSSR count). The topological polar surface area (TPSA) is 15.6 Å². The molecule has 2 nitrogen and oxygen atoms in total. The molecule has 0 bridgehead atoms. The van der Waals surface area contributed by atoms with Crippen molar-refractivity contribution in [3.8, 4) is 0 Å². The van der Waals surface area contributed by atoms with Gasteiger partial charge in [0.2, 0.25) is 0 Å². The summed E-state index contributed by atoms with van der Waals surface area (Å²) in [6.45, 7) is 3.60. The van der Waals surface area contributed by atoms with E-state index in [4.69, 9.17) is 0 Å². The van der Waals surface area contributed by atoms with Crippen LogP contribution >= 0.6 is 0 Å². The second-order valence-corrected chi connectivity index (χ2v) is 3.45. The fraction of sp³-hybridized carbons (Fsp3) is 0.889. The summed E-state index contributed by atoms with van der Waals surface area (Å²) in [4.78, 5) is 7.04. The summed E-state index contributed by atoms with van der Waals surface area (Å²) < 4.78 is 0. The Kier molecular flexibility index (Phi) is 11.2. The molecule has 0 N–H and O–H groups in total. The average Bonchev–Trinajstić information content (AvgIpc) is 2.28. The van der Waals surface area contributed by atoms with E-state index in [-0.39, 0.29) is 47.9 Å². The molecule has 0 aromatic rings. The summed E-state index contributed by atoms with van der Waals surface area (Å²) in [5.41, 5.74) is 0. The Balaban J connectivity index is 0. The van der Waals surface area contributed by atoms with Gasteiger partial charge in [0.15, 0.2) is 0 Å². The molecule has 0 aromatic heterocycles. The summed E-state index contributed by atoms with van der Waals surface area (Å²) in [6.07, 6.45) is 6.63. The van der Waals surface area contributed by atoms with Crippen molar-refractivity contribution in [2.75, 3.05) is 19.6 Å². The first kappa shape index (κ1) is 17.2. The number of aliphatic imine (C=N–C) groups is 1. The van der Waals surface area contributed by atoms with Crippen molar-refractivity contribution in [1.29, 1.82) is 0 Å². The molecule has 0 amide bonds. The number of amidine groups is 1. The van der Waals surface area contributed by atoms with Crippen molar-refractivity contribution in [2.45, 2.75) is 32.1 Å². The Bertz CT molecular complexity index is 176. The number of rotatable bonds is 0. The van der Waals surface area contributed by atoms with Gasteiger partial charge in [-0.25, -0.2) is 0 Å². The molecule has 0 spiro atoms. The second kappa shape index (κ2) is 9.07. The van der Waals surface area contributed by atoms with Gasteiger partial charge in [0.05, 0.1) is 5.84 Å². The summed E-state index contributed by atoms with van der Waals surface area (Å²) >= 11 is 0. The predicted octanol–water partition coefficient (Wildman–Crippen LogP) is -4.71. The van der Waals surface area contributed by atoms with Crippen LogP contribution in [0, 0.1) is 0 Å². The van der Waals surface area contributed by atoms with Crippen LogP contribution in [0.25, 0.3) is 0 Å². The van der Waals surface area contributed by atoms with Crippen molar-refractivity contribution in [3.63, 3.8) is 0 Å². The van der Waals surface area contributed by atoms with E-state index >= 15 is 0 Å². The van der Waals surface area contributed by atoms with Crippen LogP contribution in [0.1, 0.15) is 32.1 Å². The van der Waals surface area contributed by atoms with Gasteiger partial charge in [-0.2, -0.15) is 0 Å². The minimum absolute atomic E-state index is 0. The maximum absolute atomic E-state index is 4.55. The van der Waals surface area contributed by atoms with Gasteiger partial charge in [0, 0.05) is 26.1 Å². The molecule has 1 saturated heterocycles. The molecular weight excluding hydrogens is 231 g/mol. The SMILES string of the molecule is C1CCC2=NCCCN2CC1.[Cl-].[Cl-].[Mg+2]. The average molecular weight is 247 g/mol. The Labute approximate surface area is 115 Å². The quantitative estimate of drug-likeness (QED) is 0.393. The first-order chi connectivity index (χ1) is 5.47. The van der Waals surface area contributed by atoms with E-state index in [1.165, 1.54) is 51.0 Å². The van der Waals surface area contributed by atoms with Gasteiger partial charge in [-0.1, -0.05) is 6.42 Å². The van der Waals surface area contributed by atoms with E-state index in [0.29, 0.717) is 0 Å². The number of halogens is 2. The van der Waals surface area contributed by atoms with E-state index in [9.17, 15) is 0 Å². The van der Waals surface area contributed by atoms with Crippen molar-refractivity contribution >= 4 is 28.9 Å². The maximum atomic E-state index is 4.55. The van der Waals surface area contributed by atoms with E-state index < -0.39 is 0 Å². The van der Waals surface area contributed by atoms with Gasteiger partial charge >= 0.3 is 23.1 Å². The van der Waals surface area contributed by atoms with Gasteiger partial charge in [0.1, 0.15) is 0 Å². The summed E-state index contributed by atoms with van der Waals surface area (Å²) in [6, 6.07) is 0. The van der Waals surface area contributed by atoms with Crippen LogP contribution in [-0.2, 0) is 0 Å². The molecule has 0 aromatic carbocycles. The number of hydrogen-bond donors (Lipinski definition) is 0. The Morgan fingerprint density at radius 3 is 2.43 bits per heavy atom. The van der Waals surface area contributed by atoms with Gasteiger partial charge in [-0.05, 0) is 19.3 Å². The van der Waals surface area contributed by atoms with E-state index in [2.05, 4.69) is 9.89 Å². The maximum Gasteiger partial charge on any atom is 2.00 e. The zero-order valence-electron chi connectivity index (χ0n) is 8.51. The van der Waals surface area contributed by atoms with Crippen LogP contribution in [0.3, 0.4) is 0 Å². The Morgan fingerprint density at radius 2 is 1.64 bits per heavy atom. The Morgan fingerprint density at radius 1 is 0.929 bits per heavy atom. The van der Waals surface area contributed by atoms with Crippen LogP contribution in [0.2, 0.25) is 0 Å². The van der Waals surface area contributed by atoms with Gasteiger partial charge in [0.25, 0.3) is 0 Å². The molecule has 0 radical (unpaired) electrons.